The third-order valence-electron chi connectivity index (χ3n) is 3.56. The number of esters is 1. The lowest BCUT2D eigenvalue weighted by atomic mass is 10.2. The van der Waals surface area contributed by atoms with Crippen LogP contribution in [-0.2, 0) is 11.3 Å². The Hall–Kier alpha value is -2.11. The monoisotopic (exact) mass is 404 g/mol. The Labute approximate surface area is 153 Å². The van der Waals surface area contributed by atoms with Crippen molar-refractivity contribution >= 4 is 33.5 Å². The van der Waals surface area contributed by atoms with Crippen molar-refractivity contribution in [3.63, 3.8) is 0 Å². The van der Waals surface area contributed by atoms with Gasteiger partial charge in [-0.1, -0.05) is 41.9 Å². The molecule has 1 heterocycles. The molecule has 0 aliphatic heterocycles. The molecule has 3 rings (SSSR count). The number of carbonyl (C=O) groups excluding carboxylic acids is 1. The van der Waals surface area contributed by atoms with E-state index in [0.717, 1.165) is 11.4 Å². The fourth-order valence-electron chi connectivity index (χ4n) is 2.28. The van der Waals surface area contributed by atoms with Crippen LogP contribution < -0.4 is 0 Å². The van der Waals surface area contributed by atoms with Gasteiger partial charge in [-0.2, -0.15) is 5.10 Å². The zero-order valence-electron chi connectivity index (χ0n) is 12.9. The Balaban J connectivity index is 1.80. The van der Waals surface area contributed by atoms with Crippen LogP contribution in [0.5, 0.6) is 0 Å². The number of halogens is 2. The molecule has 0 aliphatic carbocycles. The topological polar surface area (TPSA) is 44.1 Å². The van der Waals surface area contributed by atoms with E-state index in [1.54, 1.807) is 22.9 Å². The standard InChI is InChI=1S/C18H14BrClN2O2/c1-12-15(11-24-18(23)14-9-5-6-10-16(14)19)17(20)22(21-12)13-7-3-2-4-8-13/h2-10H,11H2,1H3. The second kappa shape index (κ2) is 7.20. The molecule has 0 saturated carbocycles. The van der Waals surface area contributed by atoms with Gasteiger partial charge in [-0.25, -0.2) is 9.48 Å². The molecule has 0 aliphatic rings. The zero-order chi connectivity index (χ0) is 17.1. The van der Waals surface area contributed by atoms with E-state index in [9.17, 15) is 4.79 Å². The molecule has 122 valence electrons. The number of para-hydroxylation sites is 1. The number of aromatic nitrogens is 2. The molecule has 0 atom stereocenters. The van der Waals surface area contributed by atoms with Crippen LogP contribution in [0.3, 0.4) is 0 Å². The molecule has 0 fully saturated rings. The average molecular weight is 406 g/mol. The number of hydrogen-bond donors (Lipinski definition) is 0. The number of aryl methyl sites for hydroxylation is 1. The van der Waals surface area contributed by atoms with Gasteiger partial charge in [0, 0.05) is 10.0 Å². The van der Waals surface area contributed by atoms with Crippen LogP contribution in [0, 0.1) is 6.92 Å². The number of ether oxygens (including phenoxy) is 1. The van der Waals surface area contributed by atoms with Crippen molar-refractivity contribution in [2.75, 3.05) is 0 Å². The molecule has 6 heteroatoms. The third-order valence-corrected chi connectivity index (χ3v) is 4.64. The summed E-state index contributed by atoms with van der Waals surface area (Å²) >= 11 is 9.77. The van der Waals surface area contributed by atoms with Gasteiger partial charge in [-0.15, -0.1) is 0 Å². The van der Waals surface area contributed by atoms with Crippen molar-refractivity contribution < 1.29 is 9.53 Å². The lowest BCUT2D eigenvalue weighted by molar-refractivity contribution is 0.0471. The highest BCUT2D eigenvalue weighted by Crippen LogP contribution is 2.25. The van der Waals surface area contributed by atoms with Crippen molar-refractivity contribution in [2.24, 2.45) is 0 Å². The van der Waals surface area contributed by atoms with Crippen LogP contribution in [0.15, 0.2) is 59.1 Å². The van der Waals surface area contributed by atoms with Gasteiger partial charge in [0.2, 0.25) is 0 Å². The number of nitrogens with zero attached hydrogens (tertiary/aromatic N) is 2. The lowest BCUT2D eigenvalue weighted by Gasteiger charge is -2.07. The van der Waals surface area contributed by atoms with Gasteiger partial charge in [0.15, 0.2) is 0 Å². The van der Waals surface area contributed by atoms with Gasteiger partial charge in [0.1, 0.15) is 11.8 Å². The molecule has 3 aromatic rings. The summed E-state index contributed by atoms with van der Waals surface area (Å²) in [5.41, 5.74) is 2.75. The maximum absolute atomic E-state index is 12.2. The van der Waals surface area contributed by atoms with E-state index in [-0.39, 0.29) is 6.61 Å². The maximum atomic E-state index is 12.2. The van der Waals surface area contributed by atoms with Crippen LogP contribution >= 0.6 is 27.5 Å². The van der Waals surface area contributed by atoms with Crippen molar-refractivity contribution in [1.82, 2.24) is 9.78 Å². The average Bonchev–Trinajstić information content (AvgIpc) is 2.88. The fraction of sp³-hybridized carbons (Fsp3) is 0.111. The highest BCUT2D eigenvalue weighted by atomic mass is 79.9. The van der Waals surface area contributed by atoms with E-state index in [4.69, 9.17) is 16.3 Å². The molecule has 2 aromatic carbocycles. The smallest absolute Gasteiger partial charge is 0.339 e. The van der Waals surface area contributed by atoms with Crippen molar-refractivity contribution in [3.05, 3.63) is 81.0 Å². The highest BCUT2D eigenvalue weighted by Gasteiger charge is 2.17. The van der Waals surface area contributed by atoms with Crippen LogP contribution in [0.2, 0.25) is 5.15 Å². The maximum Gasteiger partial charge on any atom is 0.339 e. The number of hydrogen-bond acceptors (Lipinski definition) is 3. The molecular formula is C18H14BrClN2O2. The Bertz CT molecular complexity index is 878. The van der Waals surface area contributed by atoms with Gasteiger partial charge in [0.25, 0.3) is 0 Å². The lowest BCUT2D eigenvalue weighted by Crippen LogP contribution is -2.06. The summed E-state index contributed by atoms with van der Waals surface area (Å²) in [7, 11) is 0. The minimum absolute atomic E-state index is 0.0671. The SMILES string of the molecule is Cc1nn(-c2ccccc2)c(Cl)c1COC(=O)c1ccccc1Br. The molecule has 0 unspecified atom stereocenters. The molecule has 24 heavy (non-hydrogen) atoms. The van der Waals surface area contributed by atoms with Crippen LogP contribution in [0.4, 0.5) is 0 Å². The number of rotatable bonds is 4. The highest BCUT2D eigenvalue weighted by molar-refractivity contribution is 9.10. The second-order valence-corrected chi connectivity index (χ2v) is 6.37. The van der Waals surface area contributed by atoms with Crippen molar-refractivity contribution in [1.29, 1.82) is 0 Å². The minimum atomic E-state index is -0.412. The Kier molecular flexibility index (Phi) is 5.02. The normalized spacial score (nSPS) is 10.6. The first-order valence-corrected chi connectivity index (χ1v) is 8.46. The summed E-state index contributed by atoms with van der Waals surface area (Å²) in [5, 5.41) is 4.88. The summed E-state index contributed by atoms with van der Waals surface area (Å²) in [5.74, 6) is -0.412. The fourth-order valence-corrected chi connectivity index (χ4v) is 3.05. The minimum Gasteiger partial charge on any atom is -0.457 e. The molecule has 0 amide bonds. The van der Waals surface area contributed by atoms with E-state index in [0.29, 0.717) is 20.8 Å². The van der Waals surface area contributed by atoms with Crippen LogP contribution in [0.1, 0.15) is 21.6 Å². The van der Waals surface area contributed by atoms with Gasteiger partial charge in [0.05, 0.1) is 16.9 Å². The summed E-state index contributed by atoms with van der Waals surface area (Å²) in [6, 6.07) is 16.7. The van der Waals surface area contributed by atoms with Gasteiger partial charge in [-0.05, 0) is 47.1 Å². The molecule has 0 spiro atoms. The third kappa shape index (κ3) is 3.37. The largest absolute Gasteiger partial charge is 0.457 e. The molecule has 4 nitrogen and oxygen atoms in total. The summed E-state index contributed by atoms with van der Waals surface area (Å²) in [4.78, 5) is 12.2. The van der Waals surface area contributed by atoms with E-state index < -0.39 is 5.97 Å². The number of benzene rings is 2. The van der Waals surface area contributed by atoms with E-state index in [2.05, 4.69) is 21.0 Å². The van der Waals surface area contributed by atoms with Crippen LogP contribution in [-0.4, -0.2) is 15.7 Å². The van der Waals surface area contributed by atoms with Crippen LogP contribution in [0.25, 0.3) is 5.69 Å². The van der Waals surface area contributed by atoms with E-state index >= 15 is 0 Å². The molecule has 0 bridgehead atoms. The zero-order valence-corrected chi connectivity index (χ0v) is 15.2. The predicted octanol–water partition coefficient (Wildman–Crippen LogP) is 4.95. The van der Waals surface area contributed by atoms with Gasteiger partial charge in [-0.3, -0.25) is 0 Å². The molecule has 0 radical (unpaired) electrons. The summed E-state index contributed by atoms with van der Waals surface area (Å²) < 4.78 is 7.73. The summed E-state index contributed by atoms with van der Waals surface area (Å²) in [6.07, 6.45) is 0. The Morgan fingerprint density at radius 1 is 1.17 bits per heavy atom. The van der Waals surface area contributed by atoms with E-state index in [1.807, 2.05) is 43.3 Å². The molecular weight excluding hydrogens is 392 g/mol. The van der Waals surface area contributed by atoms with Crippen molar-refractivity contribution in [2.45, 2.75) is 13.5 Å². The molecule has 0 N–H and O–H groups in total. The molecule has 1 aromatic heterocycles. The predicted molar refractivity (Wildman–Crippen MR) is 96.6 cm³/mol. The van der Waals surface area contributed by atoms with E-state index in [1.165, 1.54) is 0 Å². The number of carbonyl (C=O) groups is 1. The first-order valence-electron chi connectivity index (χ1n) is 7.29. The van der Waals surface area contributed by atoms with Gasteiger partial charge >= 0.3 is 5.97 Å². The second-order valence-electron chi connectivity index (χ2n) is 5.16. The first kappa shape index (κ1) is 16.7. The Morgan fingerprint density at radius 2 is 1.83 bits per heavy atom. The first-order chi connectivity index (χ1) is 11.6. The van der Waals surface area contributed by atoms with Crippen molar-refractivity contribution in [3.8, 4) is 5.69 Å². The Morgan fingerprint density at radius 3 is 2.54 bits per heavy atom. The summed E-state index contributed by atoms with van der Waals surface area (Å²) in [6.45, 7) is 1.91. The van der Waals surface area contributed by atoms with Gasteiger partial charge < -0.3 is 4.74 Å². The molecule has 0 saturated heterocycles. The quantitative estimate of drug-likeness (QED) is 0.577.